The maximum absolute atomic E-state index is 12.8. The molecule has 0 aliphatic heterocycles. The number of hydrogen-bond donors (Lipinski definition) is 1. The lowest BCUT2D eigenvalue weighted by Gasteiger charge is -2.37. The highest BCUT2D eigenvalue weighted by Crippen LogP contribution is 2.41. The fourth-order valence-electron chi connectivity index (χ4n) is 3.83. The number of nitrogens with zero attached hydrogens (tertiary/aromatic N) is 1. The molecule has 1 heterocycles. The van der Waals surface area contributed by atoms with E-state index in [2.05, 4.69) is 56.0 Å². The first kappa shape index (κ1) is 27.5. The molecule has 4 rings (SSSR count). The zero-order chi connectivity index (χ0) is 27.7. The van der Waals surface area contributed by atoms with Crippen molar-refractivity contribution in [2.45, 2.75) is 58.6 Å². The Bertz CT molecular complexity index is 1450. The highest BCUT2D eigenvalue weighted by Gasteiger charge is 2.39. The first-order chi connectivity index (χ1) is 17.8. The van der Waals surface area contributed by atoms with E-state index in [0.717, 1.165) is 45.6 Å². The van der Waals surface area contributed by atoms with Crippen molar-refractivity contribution in [1.82, 2.24) is 9.97 Å². The van der Waals surface area contributed by atoms with Crippen LogP contribution in [-0.2, 0) is 17.2 Å². The Morgan fingerprint density at radius 2 is 1.66 bits per heavy atom. The standard InChI is InChI=1S/C30H33F3N2O2Si/c1-7-27(37-38(5,6)29(2,3)4)24-11-9-8-10-23(24)20-12-17-25-26(18-20)35-28(34-25)19-36-22-15-13-21(14-16-22)30(31,32)33/h7-18H,19H2,1-6H3,(H,34,35)/b27-7+. The van der Waals surface area contributed by atoms with Crippen molar-refractivity contribution >= 4 is 25.1 Å². The van der Waals surface area contributed by atoms with Crippen LogP contribution >= 0.6 is 0 Å². The van der Waals surface area contributed by atoms with Crippen molar-refractivity contribution in [3.05, 3.63) is 89.8 Å². The third-order valence-electron chi connectivity index (χ3n) is 7.03. The molecule has 0 spiro atoms. The summed E-state index contributed by atoms with van der Waals surface area (Å²) in [6, 6.07) is 18.8. The van der Waals surface area contributed by atoms with Gasteiger partial charge >= 0.3 is 6.18 Å². The van der Waals surface area contributed by atoms with Crippen molar-refractivity contribution in [2.75, 3.05) is 0 Å². The van der Waals surface area contributed by atoms with Crippen molar-refractivity contribution in [3.8, 4) is 16.9 Å². The molecule has 4 nitrogen and oxygen atoms in total. The molecule has 8 heteroatoms. The number of hydrogen-bond acceptors (Lipinski definition) is 3. The molecule has 0 aliphatic rings. The topological polar surface area (TPSA) is 47.1 Å². The fraction of sp³-hybridized carbons (Fsp3) is 0.300. The van der Waals surface area contributed by atoms with Crippen LogP contribution in [0.1, 0.15) is 44.6 Å². The maximum Gasteiger partial charge on any atom is 0.416 e. The van der Waals surface area contributed by atoms with Crippen LogP contribution in [0.4, 0.5) is 13.2 Å². The summed E-state index contributed by atoms with van der Waals surface area (Å²) in [4.78, 5) is 7.89. The summed E-state index contributed by atoms with van der Waals surface area (Å²) in [5.41, 5.74) is 3.99. The number of allylic oxidation sites excluding steroid dienone is 1. The SMILES string of the molecule is C/C=C(/O[Si](C)(C)C(C)(C)C)c1ccccc1-c1ccc2[nH]c(COc3ccc(C(F)(F)F)cc3)nc2c1. The average Bonchev–Trinajstić information content (AvgIpc) is 3.27. The van der Waals surface area contributed by atoms with Gasteiger partial charge in [-0.05, 0) is 78.7 Å². The van der Waals surface area contributed by atoms with Crippen LogP contribution < -0.4 is 4.74 Å². The van der Waals surface area contributed by atoms with Gasteiger partial charge in [0.15, 0.2) is 0 Å². The lowest BCUT2D eigenvalue weighted by molar-refractivity contribution is -0.137. The Morgan fingerprint density at radius 3 is 2.29 bits per heavy atom. The molecule has 0 unspecified atom stereocenters. The van der Waals surface area contributed by atoms with Crippen molar-refractivity contribution in [2.24, 2.45) is 0 Å². The minimum absolute atomic E-state index is 0.0724. The molecule has 1 N–H and O–H groups in total. The summed E-state index contributed by atoms with van der Waals surface area (Å²) >= 11 is 0. The Hall–Kier alpha value is -3.52. The van der Waals surface area contributed by atoms with Gasteiger partial charge in [-0.15, -0.1) is 0 Å². The van der Waals surface area contributed by atoms with E-state index in [-0.39, 0.29) is 11.6 Å². The molecule has 38 heavy (non-hydrogen) atoms. The number of halogens is 3. The molecular formula is C30H33F3N2O2Si. The highest BCUT2D eigenvalue weighted by atomic mass is 28.4. The monoisotopic (exact) mass is 538 g/mol. The number of rotatable bonds is 7. The van der Waals surface area contributed by atoms with Crippen molar-refractivity contribution in [1.29, 1.82) is 0 Å². The summed E-state index contributed by atoms with van der Waals surface area (Å²) in [6.45, 7) is 13.3. The number of aromatic nitrogens is 2. The van der Waals surface area contributed by atoms with E-state index in [9.17, 15) is 13.2 Å². The lowest BCUT2D eigenvalue weighted by atomic mass is 9.98. The van der Waals surface area contributed by atoms with Gasteiger partial charge in [0, 0.05) is 5.56 Å². The molecule has 0 amide bonds. The van der Waals surface area contributed by atoms with Gasteiger partial charge in [-0.3, -0.25) is 0 Å². The second-order valence-corrected chi connectivity index (χ2v) is 15.5. The highest BCUT2D eigenvalue weighted by molar-refractivity contribution is 6.74. The van der Waals surface area contributed by atoms with E-state index >= 15 is 0 Å². The van der Waals surface area contributed by atoms with E-state index in [1.807, 2.05) is 43.3 Å². The van der Waals surface area contributed by atoms with Crippen molar-refractivity contribution < 1.29 is 22.3 Å². The van der Waals surface area contributed by atoms with Crippen LogP contribution in [0.2, 0.25) is 18.1 Å². The quantitative estimate of drug-likeness (QED) is 0.188. The summed E-state index contributed by atoms with van der Waals surface area (Å²) in [7, 11) is -2.04. The summed E-state index contributed by atoms with van der Waals surface area (Å²) < 4.78 is 50.7. The van der Waals surface area contributed by atoms with Gasteiger partial charge in [0.2, 0.25) is 8.32 Å². The van der Waals surface area contributed by atoms with Crippen LogP contribution in [0.5, 0.6) is 5.75 Å². The van der Waals surface area contributed by atoms with Crippen LogP contribution in [0, 0.1) is 0 Å². The van der Waals surface area contributed by atoms with Crippen molar-refractivity contribution in [3.63, 3.8) is 0 Å². The van der Waals surface area contributed by atoms with E-state index in [4.69, 9.17) is 9.16 Å². The maximum atomic E-state index is 12.8. The van der Waals surface area contributed by atoms with Gasteiger partial charge in [-0.2, -0.15) is 13.2 Å². The van der Waals surface area contributed by atoms with Crippen LogP contribution in [-0.4, -0.2) is 18.3 Å². The van der Waals surface area contributed by atoms with Gasteiger partial charge in [-0.25, -0.2) is 4.98 Å². The van der Waals surface area contributed by atoms with E-state index in [0.29, 0.717) is 11.6 Å². The Kier molecular flexibility index (Phi) is 7.48. The van der Waals surface area contributed by atoms with Gasteiger partial charge < -0.3 is 14.1 Å². The molecule has 0 bridgehead atoms. The smallest absolute Gasteiger partial charge is 0.416 e. The molecular weight excluding hydrogens is 505 g/mol. The van der Waals surface area contributed by atoms with Crippen LogP contribution in [0.3, 0.4) is 0 Å². The number of aromatic amines is 1. The molecule has 3 aromatic carbocycles. The first-order valence-corrected chi connectivity index (χ1v) is 15.4. The third-order valence-corrected chi connectivity index (χ3v) is 11.4. The Labute approximate surface area is 222 Å². The number of H-pyrrole nitrogens is 1. The predicted octanol–water partition coefficient (Wildman–Crippen LogP) is 9.21. The zero-order valence-corrected chi connectivity index (χ0v) is 23.5. The molecule has 0 aliphatic carbocycles. The Morgan fingerprint density at radius 1 is 0.974 bits per heavy atom. The van der Waals surface area contributed by atoms with E-state index in [1.54, 1.807) is 0 Å². The largest absolute Gasteiger partial charge is 0.543 e. The van der Waals surface area contributed by atoms with Gasteiger partial charge in [-0.1, -0.05) is 51.1 Å². The van der Waals surface area contributed by atoms with E-state index < -0.39 is 20.1 Å². The second-order valence-electron chi connectivity index (χ2n) is 10.8. The molecule has 0 fully saturated rings. The summed E-state index contributed by atoms with van der Waals surface area (Å²) in [5.74, 6) is 1.80. The fourth-order valence-corrected chi connectivity index (χ4v) is 4.92. The number of nitrogens with one attached hydrogen (secondary N) is 1. The number of fused-ring (bicyclic) bond motifs is 1. The lowest BCUT2D eigenvalue weighted by Crippen LogP contribution is -2.40. The van der Waals surface area contributed by atoms with Crippen LogP contribution in [0.15, 0.2) is 72.8 Å². The Balaban J connectivity index is 1.57. The molecule has 4 aromatic rings. The molecule has 1 aromatic heterocycles. The number of benzene rings is 3. The average molecular weight is 539 g/mol. The minimum Gasteiger partial charge on any atom is -0.543 e. The molecule has 0 atom stereocenters. The predicted molar refractivity (Wildman–Crippen MR) is 149 cm³/mol. The van der Waals surface area contributed by atoms with Gasteiger partial charge in [0.1, 0.15) is 23.9 Å². The number of ether oxygens (including phenoxy) is 1. The molecule has 200 valence electrons. The summed E-state index contributed by atoms with van der Waals surface area (Å²) in [5, 5.41) is 0.0724. The van der Waals surface area contributed by atoms with Gasteiger partial charge in [0.05, 0.1) is 16.6 Å². The minimum atomic E-state index is -4.38. The second kappa shape index (κ2) is 10.3. The molecule has 0 saturated heterocycles. The third kappa shape index (κ3) is 5.96. The number of alkyl halides is 3. The zero-order valence-electron chi connectivity index (χ0n) is 22.5. The van der Waals surface area contributed by atoms with E-state index in [1.165, 1.54) is 12.1 Å². The first-order valence-electron chi connectivity index (χ1n) is 12.5. The summed E-state index contributed by atoms with van der Waals surface area (Å²) in [6.07, 6.45) is -2.35. The normalized spacial score (nSPS) is 13.1. The molecule has 0 saturated carbocycles. The number of imidazole rings is 1. The van der Waals surface area contributed by atoms with Gasteiger partial charge in [0.25, 0.3) is 0 Å². The molecule has 0 radical (unpaired) electrons. The van der Waals surface area contributed by atoms with Crippen LogP contribution in [0.25, 0.3) is 27.9 Å².